The number of aliphatic hydroxyl groups is 1. The van der Waals surface area contributed by atoms with Crippen molar-refractivity contribution < 1.29 is 5.11 Å². The van der Waals surface area contributed by atoms with E-state index in [2.05, 4.69) is 52.3 Å². The molecule has 2 aromatic carbocycles. The van der Waals surface area contributed by atoms with Gasteiger partial charge in [0.15, 0.2) is 0 Å². The van der Waals surface area contributed by atoms with Crippen LogP contribution < -0.4 is 10.6 Å². The number of rotatable bonds is 4. The van der Waals surface area contributed by atoms with Gasteiger partial charge in [0.2, 0.25) is 0 Å². The third-order valence-electron chi connectivity index (χ3n) is 6.49. The van der Waals surface area contributed by atoms with Crippen molar-refractivity contribution in [1.82, 2.24) is 15.1 Å². The summed E-state index contributed by atoms with van der Waals surface area (Å²) in [6, 6.07) is 17.1. The van der Waals surface area contributed by atoms with Gasteiger partial charge in [-0.3, -0.25) is 0 Å². The highest BCUT2D eigenvalue weighted by Crippen LogP contribution is 2.34. The lowest BCUT2D eigenvalue weighted by Crippen LogP contribution is -2.26. The maximum Gasteiger partial charge on any atom is 0.137 e. The second-order valence-corrected chi connectivity index (χ2v) is 9.15. The molecular formula is C26H30N4O. The number of hydrogen-bond donors (Lipinski definition) is 3. The molecule has 0 aliphatic carbocycles. The Hall–Kier alpha value is -2.89. The van der Waals surface area contributed by atoms with Crippen LogP contribution >= 0.6 is 0 Å². The summed E-state index contributed by atoms with van der Waals surface area (Å²) in [5.74, 6) is 1.66. The SMILES string of the molecule is CC(C)(O)c1cccc(-c2cnn3c2NCC(c2ccc(C4CCNCC4)cc2)=C3)c1. The van der Waals surface area contributed by atoms with E-state index in [1.165, 1.54) is 29.5 Å². The van der Waals surface area contributed by atoms with Crippen molar-refractivity contribution in [3.05, 3.63) is 71.4 Å². The van der Waals surface area contributed by atoms with Gasteiger partial charge in [0.05, 0.1) is 11.8 Å². The molecule has 3 N–H and O–H groups in total. The lowest BCUT2D eigenvalue weighted by atomic mass is 9.89. The van der Waals surface area contributed by atoms with E-state index < -0.39 is 5.60 Å². The van der Waals surface area contributed by atoms with E-state index in [-0.39, 0.29) is 0 Å². The summed E-state index contributed by atoms with van der Waals surface area (Å²) in [6.45, 7) is 6.61. The summed E-state index contributed by atoms with van der Waals surface area (Å²) in [6.07, 6.45) is 6.45. The molecule has 0 atom stereocenters. The number of nitrogens with zero attached hydrogens (tertiary/aromatic N) is 2. The van der Waals surface area contributed by atoms with Crippen LogP contribution in [0.25, 0.3) is 22.9 Å². The van der Waals surface area contributed by atoms with Gasteiger partial charge in [-0.2, -0.15) is 5.10 Å². The Labute approximate surface area is 183 Å². The molecule has 0 bridgehead atoms. The van der Waals surface area contributed by atoms with Gasteiger partial charge >= 0.3 is 0 Å². The van der Waals surface area contributed by atoms with E-state index in [0.29, 0.717) is 5.92 Å². The van der Waals surface area contributed by atoms with Gasteiger partial charge in [0, 0.05) is 18.3 Å². The molecule has 5 heteroatoms. The van der Waals surface area contributed by atoms with Crippen molar-refractivity contribution >= 4 is 17.6 Å². The molecular weight excluding hydrogens is 384 g/mol. The Morgan fingerprint density at radius 3 is 2.55 bits per heavy atom. The first-order valence-corrected chi connectivity index (χ1v) is 11.2. The Balaban J connectivity index is 1.40. The van der Waals surface area contributed by atoms with Gasteiger partial charge < -0.3 is 15.7 Å². The number of piperidine rings is 1. The van der Waals surface area contributed by atoms with E-state index in [0.717, 1.165) is 42.1 Å². The first-order chi connectivity index (χ1) is 15.0. The van der Waals surface area contributed by atoms with E-state index in [4.69, 9.17) is 0 Å². The number of anilines is 1. The van der Waals surface area contributed by atoms with Crippen molar-refractivity contribution in [1.29, 1.82) is 0 Å². The molecule has 0 unspecified atom stereocenters. The van der Waals surface area contributed by atoms with Gasteiger partial charge in [-0.25, -0.2) is 4.68 Å². The number of aromatic nitrogens is 2. The van der Waals surface area contributed by atoms with Crippen LogP contribution in [-0.4, -0.2) is 34.5 Å². The van der Waals surface area contributed by atoms with E-state index >= 15 is 0 Å². The van der Waals surface area contributed by atoms with Crippen molar-refractivity contribution in [2.75, 3.05) is 25.0 Å². The molecule has 1 fully saturated rings. The fourth-order valence-corrected chi connectivity index (χ4v) is 4.59. The minimum absolute atomic E-state index is 0.675. The molecule has 3 heterocycles. The minimum atomic E-state index is -0.871. The van der Waals surface area contributed by atoms with Gasteiger partial charge in [-0.15, -0.1) is 0 Å². The summed E-state index contributed by atoms with van der Waals surface area (Å²) in [4.78, 5) is 0. The fourth-order valence-electron chi connectivity index (χ4n) is 4.59. The number of fused-ring (bicyclic) bond motifs is 1. The molecule has 31 heavy (non-hydrogen) atoms. The summed E-state index contributed by atoms with van der Waals surface area (Å²) >= 11 is 0. The van der Waals surface area contributed by atoms with Gasteiger partial charge in [-0.05, 0) is 79.6 Å². The normalized spacial score (nSPS) is 17.1. The summed E-state index contributed by atoms with van der Waals surface area (Å²) in [7, 11) is 0. The van der Waals surface area contributed by atoms with Gasteiger partial charge in [0.25, 0.3) is 0 Å². The molecule has 2 aliphatic heterocycles. The summed E-state index contributed by atoms with van der Waals surface area (Å²) < 4.78 is 1.92. The van der Waals surface area contributed by atoms with E-state index in [1.54, 1.807) is 0 Å². The molecule has 0 saturated carbocycles. The Morgan fingerprint density at radius 2 is 1.81 bits per heavy atom. The van der Waals surface area contributed by atoms with Crippen LogP contribution in [0.3, 0.4) is 0 Å². The first-order valence-electron chi connectivity index (χ1n) is 11.2. The van der Waals surface area contributed by atoms with Crippen LogP contribution in [-0.2, 0) is 5.60 Å². The molecule has 0 spiro atoms. The van der Waals surface area contributed by atoms with E-state index in [1.807, 2.05) is 42.9 Å². The van der Waals surface area contributed by atoms with Gasteiger partial charge in [-0.1, -0.05) is 42.5 Å². The Kier molecular flexibility index (Phi) is 5.16. The monoisotopic (exact) mass is 414 g/mol. The molecule has 1 aromatic heterocycles. The maximum absolute atomic E-state index is 10.4. The highest BCUT2D eigenvalue weighted by Gasteiger charge is 2.21. The first kappa shape index (κ1) is 20.0. The van der Waals surface area contributed by atoms with Crippen LogP contribution in [0.15, 0.2) is 54.7 Å². The van der Waals surface area contributed by atoms with Crippen LogP contribution in [0.2, 0.25) is 0 Å². The highest BCUT2D eigenvalue weighted by atomic mass is 16.3. The van der Waals surface area contributed by atoms with Crippen LogP contribution in [0.5, 0.6) is 0 Å². The highest BCUT2D eigenvalue weighted by molar-refractivity contribution is 5.86. The Bertz CT molecular complexity index is 1100. The third kappa shape index (κ3) is 4.03. The zero-order valence-electron chi connectivity index (χ0n) is 18.2. The minimum Gasteiger partial charge on any atom is -0.386 e. The molecule has 1 saturated heterocycles. The molecule has 5 rings (SSSR count). The lowest BCUT2D eigenvalue weighted by Gasteiger charge is -2.23. The predicted octanol–water partition coefficient (Wildman–Crippen LogP) is 4.67. The lowest BCUT2D eigenvalue weighted by molar-refractivity contribution is 0.0786. The second kappa shape index (κ2) is 7.98. The zero-order chi connectivity index (χ0) is 21.4. The van der Waals surface area contributed by atoms with Crippen LogP contribution in [0, 0.1) is 0 Å². The zero-order valence-corrected chi connectivity index (χ0v) is 18.2. The van der Waals surface area contributed by atoms with Crippen LogP contribution in [0.4, 0.5) is 5.82 Å². The average molecular weight is 415 g/mol. The van der Waals surface area contributed by atoms with Crippen LogP contribution in [0.1, 0.15) is 49.3 Å². The van der Waals surface area contributed by atoms with Gasteiger partial charge in [0.1, 0.15) is 5.82 Å². The largest absolute Gasteiger partial charge is 0.386 e. The Morgan fingerprint density at radius 1 is 1.03 bits per heavy atom. The van der Waals surface area contributed by atoms with Crippen molar-refractivity contribution in [3.63, 3.8) is 0 Å². The summed E-state index contributed by atoms with van der Waals surface area (Å²) in [5.41, 5.74) is 6.03. The quantitative estimate of drug-likeness (QED) is 0.581. The fraction of sp³-hybridized carbons (Fsp3) is 0.346. The molecule has 0 radical (unpaired) electrons. The maximum atomic E-state index is 10.4. The summed E-state index contributed by atoms with van der Waals surface area (Å²) in [5, 5.41) is 22.0. The van der Waals surface area contributed by atoms with Crippen molar-refractivity contribution in [3.8, 4) is 11.1 Å². The number of hydrogen-bond acceptors (Lipinski definition) is 4. The molecule has 0 amide bonds. The average Bonchev–Trinajstić information content (AvgIpc) is 3.23. The molecule has 3 aromatic rings. The standard InChI is InChI=1S/C26H30N4O/c1-26(2,31)23-5-3-4-21(14-23)24-16-29-30-17-22(15-28-25(24)30)19-8-6-18(7-9-19)20-10-12-27-13-11-20/h3-9,14,16-17,20,27-28,31H,10-13,15H2,1-2H3. The van der Waals surface area contributed by atoms with Crippen molar-refractivity contribution in [2.45, 2.75) is 38.2 Å². The predicted molar refractivity (Wildman–Crippen MR) is 127 cm³/mol. The molecule has 5 nitrogen and oxygen atoms in total. The number of nitrogens with one attached hydrogen (secondary N) is 2. The topological polar surface area (TPSA) is 62.1 Å². The molecule has 2 aliphatic rings. The van der Waals surface area contributed by atoms with Crippen molar-refractivity contribution in [2.24, 2.45) is 0 Å². The molecule has 160 valence electrons. The second-order valence-electron chi connectivity index (χ2n) is 9.15. The third-order valence-corrected chi connectivity index (χ3v) is 6.49. The number of benzene rings is 2. The smallest absolute Gasteiger partial charge is 0.137 e. The van der Waals surface area contributed by atoms with E-state index in [9.17, 15) is 5.11 Å².